The van der Waals surface area contributed by atoms with E-state index in [0.717, 1.165) is 47.8 Å². The molecule has 130 valence electrons. The number of halogens is 2. The van der Waals surface area contributed by atoms with Crippen molar-refractivity contribution in [2.24, 2.45) is 5.92 Å². The number of nitrogens with one attached hydrogen (secondary N) is 1. The molecule has 7 heteroatoms. The van der Waals surface area contributed by atoms with Gasteiger partial charge in [-0.2, -0.15) is 0 Å². The second-order valence-corrected chi connectivity index (χ2v) is 9.47. The fraction of sp³-hybridized carbons (Fsp3) is 0.688. The monoisotopic (exact) mass is 422 g/mol. The highest BCUT2D eigenvalue weighted by molar-refractivity contribution is 9.10. The molecule has 0 spiro atoms. The lowest BCUT2D eigenvalue weighted by atomic mass is 10.1. The lowest BCUT2D eigenvalue weighted by Crippen LogP contribution is -2.35. The van der Waals surface area contributed by atoms with E-state index >= 15 is 0 Å². The predicted octanol–water partition coefficient (Wildman–Crippen LogP) is 4.90. The summed E-state index contributed by atoms with van der Waals surface area (Å²) in [5.41, 5.74) is -0.424. The van der Waals surface area contributed by atoms with Gasteiger partial charge in [0.25, 0.3) is 0 Å². The Morgan fingerprint density at radius 3 is 2.91 bits per heavy atom. The summed E-state index contributed by atoms with van der Waals surface area (Å²) in [6, 6.07) is 2.06. The molecule has 0 bridgehead atoms. The zero-order chi connectivity index (χ0) is 17.0. The van der Waals surface area contributed by atoms with Gasteiger partial charge in [0, 0.05) is 29.0 Å². The van der Waals surface area contributed by atoms with E-state index in [1.165, 1.54) is 4.88 Å². The van der Waals surface area contributed by atoms with Gasteiger partial charge in [0.05, 0.1) is 0 Å². The number of amides is 1. The third-order valence-electron chi connectivity index (χ3n) is 3.66. The minimum absolute atomic E-state index is 0.189. The summed E-state index contributed by atoms with van der Waals surface area (Å²) in [6.45, 7) is 9.07. The maximum Gasteiger partial charge on any atom is 0.410 e. The molecule has 0 aromatic carbocycles. The first-order valence-corrected chi connectivity index (χ1v) is 9.85. The van der Waals surface area contributed by atoms with Gasteiger partial charge < -0.3 is 15.0 Å². The highest BCUT2D eigenvalue weighted by Gasteiger charge is 2.29. The molecule has 2 rings (SSSR count). The number of likely N-dealkylation sites (tertiary alicyclic amines) is 1. The van der Waals surface area contributed by atoms with Crippen LogP contribution in [-0.4, -0.2) is 36.2 Å². The predicted molar refractivity (Wildman–Crippen MR) is 99.3 cm³/mol. The largest absolute Gasteiger partial charge is 0.444 e. The van der Waals surface area contributed by atoms with Crippen LogP contribution < -0.4 is 5.32 Å². The Morgan fingerprint density at radius 1 is 1.57 bits per heavy atom. The van der Waals surface area contributed by atoms with Gasteiger partial charge in [-0.15, -0.1) is 11.3 Å². The summed E-state index contributed by atoms with van der Waals surface area (Å²) >= 11 is 11.0. The summed E-state index contributed by atoms with van der Waals surface area (Å²) < 4.78 is 7.18. The molecule has 1 unspecified atom stereocenters. The molecule has 0 saturated carbocycles. The second-order valence-electron chi connectivity index (χ2n) is 6.88. The van der Waals surface area contributed by atoms with Crippen LogP contribution in [-0.2, 0) is 11.3 Å². The van der Waals surface area contributed by atoms with Crippen LogP contribution >= 0.6 is 38.9 Å². The fourth-order valence-electron chi connectivity index (χ4n) is 2.56. The van der Waals surface area contributed by atoms with Crippen molar-refractivity contribution in [2.45, 2.75) is 45.8 Å². The Labute approximate surface area is 155 Å². The van der Waals surface area contributed by atoms with Crippen molar-refractivity contribution in [3.8, 4) is 0 Å². The Hall–Kier alpha value is -0.300. The molecule has 4 nitrogen and oxygen atoms in total. The molecule has 1 saturated heterocycles. The Balaban J connectivity index is 1.65. The average Bonchev–Trinajstić information content (AvgIpc) is 3.01. The summed E-state index contributed by atoms with van der Waals surface area (Å²) in [7, 11) is 0. The number of hydrogen-bond acceptors (Lipinski definition) is 4. The van der Waals surface area contributed by atoms with Crippen LogP contribution in [0.25, 0.3) is 0 Å². The third kappa shape index (κ3) is 6.25. The first-order chi connectivity index (χ1) is 10.7. The third-order valence-corrected chi connectivity index (χ3v) is 6.14. The van der Waals surface area contributed by atoms with E-state index in [1.807, 2.05) is 25.7 Å². The van der Waals surface area contributed by atoms with Crippen molar-refractivity contribution >= 4 is 45.0 Å². The smallest absolute Gasteiger partial charge is 0.410 e. The van der Waals surface area contributed by atoms with Gasteiger partial charge >= 0.3 is 6.09 Å². The minimum Gasteiger partial charge on any atom is -0.444 e. The highest BCUT2D eigenvalue weighted by Crippen LogP contribution is 2.31. The van der Waals surface area contributed by atoms with Crippen molar-refractivity contribution in [3.05, 3.63) is 19.8 Å². The summed E-state index contributed by atoms with van der Waals surface area (Å²) in [4.78, 5) is 15.1. The van der Waals surface area contributed by atoms with Crippen molar-refractivity contribution in [2.75, 3.05) is 19.6 Å². The van der Waals surface area contributed by atoms with E-state index < -0.39 is 5.60 Å². The molecule has 1 fully saturated rings. The number of thiophene rings is 1. The van der Waals surface area contributed by atoms with Crippen LogP contribution in [0.1, 0.15) is 38.5 Å². The van der Waals surface area contributed by atoms with E-state index in [2.05, 4.69) is 27.3 Å². The Morgan fingerprint density at radius 2 is 2.30 bits per heavy atom. The number of ether oxygens (including phenoxy) is 1. The zero-order valence-electron chi connectivity index (χ0n) is 13.8. The normalized spacial score (nSPS) is 18.5. The van der Waals surface area contributed by atoms with Crippen LogP contribution in [0.3, 0.4) is 0 Å². The summed E-state index contributed by atoms with van der Waals surface area (Å²) in [5, 5.41) is 3.45. The highest BCUT2D eigenvalue weighted by atomic mass is 79.9. The van der Waals surface area contributed by atoms with E-state index in [4.69, 9.17) is 16.3 Å². The molecule has 2 heterocycles. The quantitative estimate of drug-likeness (QED) is 0.685. The SMILES string of the molecule is CC(C)(C)OC(=O)N1CCC(CCNCc2cc(Br)c(Cl)s2)C1. The standard InChI is InChI=1S/C16H24BrClN2O2S/c1-16(2,3)22-15(21)20-7-5-11(10-20)4-6-19-9-12-8-13(17)14(18)23-12/h8,11,19H,4-7,9-10H2,1-3H3. The maximum absolute atomic E-state index is 12.0. The van der Waals surface area contributed by atoms with Gasteiger partial charge in [-0.1, -0.05) is 11.6 Å². The van der Waals surface area contributed by atoms with Crippen molar-refractivity contribution in [3.63, 3.8) is 0 Å². The minimum atomic E-state index is -0.424. The molecule has 1 aromatic heterocycles. The summed E-state index contributed by atoms with van der Waals surface area (Å²) in [5.74, 6) is 0.550. The van der Waals surface area contributed by atoms with Crippen LogP contribution in [0.5, 0.6) is 0 Å². The van der Waals surface area contributed by atoms with Gasteiger partial charge in [0.1, 0.15) is 9.94 Å². The van der Waals surface area contributed by atoms with Crippen LogP contribution in [0, 0.1) is 5.92 Å². The maximum atomic E-state index is 12.0. The molecule has 23 heavy (non-hydrogen) atoms. The Kier molecular flexibility index (Phi) is 6.77. The lowest BCUT2D eigenvalue weighted by molar-refractivity contribution is 0.0287. The number of hydrogen-bond donors (Lipinski definition) is 1. The summed E-state index contributed by atoms with van der Waals surface area (Å²) in [6.07, 6.45) is 1.93. The van der Waals surface area contributed by atoms with Crippen LogP contribution in [0.4, 0.5) is 4.79 Å². The van der Waals surface area contributed by atoms with Crippen LogP contribution in [0.2, 0.25) is 4.34 Å². The van der Waals surface area contributed by atoms with Gasteiger partial charge in [-0.25, -0.2) is 4.79 Å². The molecule has 0 radical (unpaired) electrons. The molecule has 0 aliphatic carbocycles. The molecular weight excluding hydrogens is 400 g/mol. The Bertz CT molecular complexity index is 525. The number of carbonyl (C=O) groups is 1. The van der Waals surface area contributed by atoms with Crippen LogP contribution in [0.15, 0.2) is 10.5 Å². The van der Waals surface area contributed by atoms with Gasteiger partial charge in [-0.3, -0.25) is 0 Å². The number of carbonyl (C=O) groups excluding carboxylic acids is 1. The zero-order valence-corrected chi connectivity index (χ0v) is 17.0. The van der Waals surface area contributed by atoms with Gasteiger partial charge in [-0.05, 0) is 68.1 Å². The fourth-order valence-corrected chi connectivity index (χ4v) is 4.32. The molecule has 1 aliphatic rings. The van der Waals surface area contributed by atoms with E-state index in [-0.39, 0.29) is 6.09 Å². The first kappa shape index (κ1) is 19.0. The van der Waals surface area contributed by atoms with Crippen molar-refractivity contribution < 1.29 is 9.53 Å². The number of rotatable bonds is 5. The number of nitrogens with zero attached hydrogens (tertiary/aromatic N) is 1. The molecule has 1 aromatic rings. The van der Waals surface area contributed by atoms with Gasteiger partial charge in [0.15, 0.2) is 0 Å². The molecule has 1 amide bonds. The van der Waals surface area contributed by atoms with Gasteiger partial charge in [0.2, 0.25) is 0 Å². The topological polar surface area (TPSA) is 41.6 Å². The average molecular weight is 424 g/mol. The van der Waals surface area contributed by atoms with E-state index in [1.54, 1.807) is 11.3 Å². The molecular formula is C16H24BrClN2O2S. The lowest BCUT2D eigenvalue weighted by Gasteiger charge is -2.24. The van der Waals surface area contributed by atoms with Crippen molar-refractivity contribution in [1.29, 1.82) is 0 Å². The van der Waals surface area contributed by atoms with E-state index in [0.29, 0.717) is 5.92 Å². The molecule has 1 aliphatic heterocycles. The first-order valence-electron chi connectivity index (χ1n) is 7.87. The molecule has 1 atom stereocenters. The van der Waals surface area contributed by atoms with E-state index in [9.17, 15) is 4.79 Å². The second kappa shape index (κ2) is 8.19. The molecule has 1 N–H and O–H groups in total. The van der Waals surface area contributed by atoms with Crippen molar-refractivity contribution in [1.82, 2.24) is 10.2 Å².